The van der Waals surface area contributed by atoms with Crippen LogP contribution in [0.5, 0.6) is 11.5 Å². The highest BCUT2D eigenvalue weighted by molar-refractivity contribution is 7.21. The second-order valence-electron chi connectivity index (χ2n) is 5.54. The molecule has 0 atom stereocenters. The van der Waals surface area contributed by atoms with Gasteiger partial charge >= 0.3 is 0 Å². The molecule has 4 nitrogen and oxygen atoms in total. The minimum absolute atomic E-state index is 0.203. The fourth-order valence-corrected chi connectivity index (χ4v) is 3.92. The number of nitrogens with one attached hydrogen (secondary N) is 1. The fraction of sp³-hybridized carbons (Fsp3) is 0.167. The second-order valence-corrected chi connectivity index (χ2v) is 6.59. The molecule has 2 aromatic carbocycles. The number of hydrogen-bond donors (Lipinski definition) is 1. The average Bonchev–Trinajstić information content (AvgIpc) is 3.17. The van der Waals surface area contributed by atoms with Crippen LogP contribution in [0.1, 0.15) is 20.8 Å². The minimum atomic E-state index is -0.295. The van der Waals surface area contributed by atoms with Crippen molar-refractivity contribution in [2.75, 3.05) is 6.79 Å². The molecule has 0 spiro atoms. The molecular formula is C18H14FNO3S. The maximum atomic E-state index is 14.0. The predicted octanol–water partition coefficient (Wildman–Crippen LogP) is 4.01. The summed E-state index contributed by atoms with van der Waals surface area (Å²) >= 11 is 1.30. The molecule has 1 aliphatic heterocycles. The van der Waals surface area contributed by atoms with Crippen LogP contribution in [-0.2, 0) is 6.54 Å². The Labute approximate surface area is 141 Å². The van der Waals surface area contributed by atoms with Crippen LogP contribution in [0.15, 0.2) is 36.4 Å². The third-order valence-electron chi connectivity index (χ3n) is 4.00. The van der Waals surface area contributed by atoms with Gasteiger partial charge in [0.1, 0.15) is 5.82 Å². The highest BCUT2D eigenvalue weighted by Gasteiger charge is 2.18. The Morgan fingerprint density at radius 3 is 2.92 bits per heavy atom. The molecule has 0 bridgehead atoms. The van der Waals surface area contributed by atoms with Gasteiger partial charge in [-0.25, -0.2) is 4.39 Å². The van der Waals surface area contributed by atoms with Crippen molar-refractivity contribution >= 4 is 27.3 Å². The normalized spacial score (nSPS) is 12.6. The lowest BCUT2D eigenvalue weighted by Gasteiger charge is -2.06. The van der Waals surface area contributed by atoms with Gasteiger partial charge in [0.15, 0.2) is 11.5 Å². The zero-order valence-electron chi connectivity index (χ0n) is 12.9. The third-order valence-corrected chi connectivity index (χ3v) is 5.26. The first-order chi connectivity index (χ1) is 11.6. The minimum Gasteiger partial charge on any atom is -0.454 e. The van der Waals surface area contributed by atoms with E-state index >= 15 is 0 Å². The maximum absolute atomic E-state index is 14.0. The number of fused-ring (bicyclic) bond motifs is 2. The number of rotatable bonds is 3. The van der Waals surface area contributed by atoms with E-state index in [-0.39, 0.29) is 18.5 Å². The van der Waals surface area contributed by atoms with E-state index in [0.29, 0.717) is 33.9 Å². The van der Waals surface area contributed by atoms with Gasteiger partial charge in [-0.15, -0.1) is 11.3 Å². The Hall–Kier alpha value is -2.60. The van der Waals surface area contributed by atoms with Gasteiger partial charge in [0.25, 0.3) is 5.91 Å². The quantitative estimate of drug-likeness (QED) is 0.782. The van der Waals surface area contributed by atoms with Gasteiger partial charge in [0.05, 0.1) is 4.88 Å². The van der Waals surface area contributed by atoms with E-state index in [1.54, 1.807) is 13.0 Å². The molecule has 0 fully saturated rings. The summed E-state index contributed by atoms with van der Waals surface area (Å²) in [5.74, 6) is 0.893. The first-order valence-electron chi connectivity index (χ1n) is 7.48. The third kappa shape index (κ3) is 2.49. The van der Waals surface area contributed by atoms with Gasteiger partial charge in [-0.05, 0) is 42.3 Å². The number of aryl methyl sites for hydroxylation is 1. The van der Waals surface area contributed by atoms with Crippen molar-refractivity contribution in [3.8, 4) is 11.5 Å². The van der Waals surface area contributed by atoms with Crippen LogP contribution in [0.25, 0.3) is 10.1 Å². The molecule has 0 saturated heterocycles. The molecule has 0 aliphatic carbocycles. The summed E-state index contributed by atoms with van der Waals surface area (Å²) in [4.78, 5) is 13.0. The number of ether oxygens (including phenoxy) is 2. The van der Waals surface area contributed by atoms with E-state index in [4.69, 9.17) is 9.47 Å². The van der Waals surface area contributed by atoms with Crippen molar-refractivity contribution < 1.29 is 18.7 Å². The van der Waals surface area contributed by atoms with Crippen molar-refractivity contribution in [2.45, 2.75) is 13.5 Å². The topological polar surface area (TPSA) is 47.6 Å². The molecule has 0 radical (unpaired) electrons. The van der Waals surface area contributed by atoms with E-state index < -0.39 is 0 Å². The molecule has 3 aromatic rings. The van der Waals surface area contributed by atoms with Gasteiger partial charge < -0.3 is 14.8 Å². The van der Waals surface area contributed by atoms with Gasteiger partial charge in [-0.2, -0.15) is 0 Å². The average molecular weight is 343 g/mol. The van der Waals surface area contributed by atoms with Crippen LogP contribution in [0.3, 0.4) is 0 Å². The van der Waals surface area contributed by atoms with E-state index in [0.717, 1.165) is 10.3 Å². The standard InChI is InChI=1S/C18H14FNO3S/c1-10-16-12(19)3-2-4-15(16)24-17(10)18(21)20-8-11-5-6-13-14(7-11)23-9-22-13/h2-7H,8-9H2,1H3,(H,20,21). The number of carbonyl (C=O) groups is 1. The highest BCUT2D eigenvalue weighted by atomic mass is 32.1. The van der Waals surface area contributed by atoms with Crippen molar-refractivity contribution in [1.29, 1.82) is 0 Å². The SMILES string of the molecule is Cc1c(C(=O)NCc2ccc3c(c2)OCO3)sc2cccc(F)c12. The molecule has 2 heterocycles. The summed E-state index contributed by atoms with van der Waals surface area (Å²) in [6, 6.07) is 10.4. The van der Waals surface area contributed by atoms with Crippen molar-refractivity contribution in [1.82, 2.24) is 5.32 Å². The summed E-state index contributed by atoms with van der Waals surface area (Å²) < 4.78 is 25.3. The van der Waals surface area contributed by atoms with Crippen molar-refractivity contribution in [3.63, 3.8) is 0 Å². The lowest BCUT2D eigenvalue weighted by atomic mass is 10.1. The van der Waals surface area contributed by atoms with E-state index in [2.05, 4.69) is 5.32 Å². The highest BCUT2D eigenvalue weighted by Crippen LogP contribution is 2.33. The molecule has 0 unspecified atom stereocenters. The fourth-order valence-electron chi connectivity index (χ4n) is 2.78. The molecule has 1 amide bonds. The lowest BCUT2D eigenvalue weighted by molar-refractivity contribution is 0.0954. The Balaban J connectivity index is 1.54. The number of amides is 1. The first kappa shape index (κ1) is 15.0. The van der Waals surface area contributed by atoms with Crippen LogP contribution in [0.4, 0.5) is 4.39 Å². The maximum Gasteiger partial charge on any atom is 0.261 e. The summed E-state index contributed by atoms with van der Waals surface area (Å²) in [5.41, 5.74) is 1.59. The molecule has 4 rings (SSSR count). The van der Waals surface area contributed by atoms with Gasteiger partial charge in [-0.1, -0.05) is 12.1 Å². The van der Waals surface area contributed by atoms with Crippen LogP contribution in [0.2, 0.25) is 0 Å². The summed E-state index contributed by atoms with van der Waals surface area (Å²) in [5, 5.41) is 3.40. The second kappa shape index (κ2) is 5.79. The Bertz CT molecular complexity index is 951. The van der Waals surface area contributed by atoms with Crippen LogP contribution >= 0.6 is 11.3 Å². The van der Waals surface area contributed by atoms with E-state index in [9.17, 15) is 9.18 Å². The molecular weight excluding hydrogens is 329 g/mol. The number of halogens is 1. The molecule has 1 aliphatic rings. The Morgan fingerprint density at radius 2 is 2.08 bits per heavy atom. The number of benzene rings is 2. The first-order valence-corrected chi connectivity index (χ1v) is 8.29. The van der Waals surface area contributed by atoms with Gasteiger partial charge in [0.2, 0.25) is 6.79 Å². The lowest BCUT2D eigenvalue weighted by Crippen LogP contribution is -2.22. The van der Waals surface area contributed by atoms with Crippen LogP contribution in [-0.4, -0.2) is 12.7 Å². The number of thiophene rings is 1. The molecule has 1 N–H and O–H groups in total. The van der Waals surface area contributed by atoms with Crippen molar-refractivity contribution in [2.24, 2.45) is 0 Å². The van der Waals surface area contributed by atoms with E-state index in [1.807, 2.05) is 24.3 Å². The number of carbonyl (C=O) groups excluding carboxylic acids is 1. The van der Waals surface area contributed by atoms with Gasteiger partial charge in [0, 0.05) is 16.6 Å². The summed E-state index contributed by atoms with van der Waals surface area (Å²) in [7, 11) is 0. The smallest absolute Gasteiger partial charge is 0.261 e. The molecule has 122 valence electrons. The number of hydrogen-bond acceptors (Lipinski definition) is 4. The molecule has 24 heavy (non-hydrogen) atoms. The zero-order chi connectivity index (χ0) is 16.7. The zero-order valence-corrected chi connectivity index (χ0v) is 13.7. The summed E-state index contributed by atoms with van der Waals surface area (Å²) in [6.07, 6.45) is 0. The van der Waals surface area contributed by atoms with Gasteiger partial charge in [-0.3, -0.25) is 4.79 Å². The van der Waals surface area contributed by atoms with E-state index in [1.165, 1.54) is 17.4 Å². The van der Waals surface area contributed by atoms with Crippen LogP contribution < -0.4 is 14.8 Å². The molecule has 0 saturated carbocycles. The molecule has 1 aromatic heterocycles. The van der Waals surface area contributed by atoms with Crippen molar-refractivity contribution in [3.05, 3.63) is 58.2 Å². The largest absolute Gasteiger partial charge is 0.454 e. The summed E-state index contributed by atoms with van der Waals surface area (Å²) in [6.45, 7) is 2.36. The monoisotopic (exact) mass is 343 g/mol. The Kier molecular flexibility index (Phi) is 3.61. The van der Waals surface area contributed by atoms with Crippen LogP contribution in [0, 0.1) is 12.7 Å². The predicted molar refractivity (Wildman–Crippen MR) is 90.3 cm³/mol. The Morgan fingerprint density at radius 1 is 1.25 bits per heavy atom. The molecule has 6 heteroatoms.